The van der Waals surface area contributed by atoms with E-state index in [1.54, 1.807) is 7.11 Å². The van der Waals surface area contributed by atoms with E-state index in [2.05, 4.69) is 19.2 Å². The lowest BCUT2D eigenvalue weighted by Gasteiger charge is -2.51. The number of hydrogen-bond donors (Lipinski definition) is 2. The first-order valence-corrected chi connectivity index (χ1v) is 7.04. The van der Waals surface area contributed by atoms with Gasteiger partial charge >= 0.3 is 0 Å². The van der Waals surface area contributed by atoms with Crippen LogP contribution < -0.4 is 11.1 Å². The van der Waals surface area contributed by atoms with Crippen molar-refractivity contribution in [3.05, 3.63) is 0 Å². The second kappa shape index (κ2) is 5.17. The Hall–Kier alpha value is -0.610. The number of nitrogens with two attached hydrogens (primary N) is 1. The van der Waals surface area contributed by atoms with Crippen LogP contribution in [0.1, 0.15) is 46.0 Å². The number of carbonyl (C=O) groups excluding carboxylic acids is 1. The quantitative estimate of drug-likeness (QED) is 0.801. The van der Waals surface area contributed by atoms with Crippen molar-refractivity contribution in [3.8, 4) is 0 Å². The van der Waals surface area contributed by atoms with E-state index in [4.69, 9.17) is 10.5 Å². The molecule has 2 fully saturated rings. The van der Waals surface area contributed by atoms with Crippen LogP contribution in [0.5, 0.6) is 0 Å². The Bertz CT molecular complexity index is 309. The maximum Gasteiger partial charge on any atom is 0.223 e. The molecule has 0 aliphatic heterocycles. The van der Waals surface area contributed by atoms with E-state index in [0.717, 1.165) is 32.1 Å². The molecule has 0 aromatic heterocycles. The van der Waals surface area contributed by atoms with Crippen LogP contribution in [0, 0.1) is 11.3 Å². The predicted octanol–water partition coefficient (Wildman–Crippen LogP) is 1.43. The molecule has 0 bridgehead atoms. The van der Waals surface area contributed by atoms with Crippen LogP contribution in [0.2, 0.25) is 0 Å². The summed E-state index contributed by atoms with van der Waals surface area (Å²) < 4.78 is 5.40. The fourth-order valence-electron chi connectivity index (χ4n) is 3.20. The van der Waals surface area contributed by atoms with Crippen molar-refractivity contribution >= 4 is 5.91 Å². The fourth-order valence-corrected chi connectivity index (χ4v) is 3.20. The molecule has 0 radical (unpaired) electrons. The maximum absolute atomic E-state index is 12.2. The molecule has 2 aliphatic carbocycles. The summed E-state index contributed by atoms with van der Waals surface area (Å²) in [7, 11) is 1.74. The summed E-state index contributed by atoms with van der Waals surface area (Å²) in [6.07, 6.45) is 5.03. The van der Waals surface area contributed by atoms with Gasteiger partial charge in [0.05, 0.1) is 6.10 Å². The van der Waals surface area contributed by atoms with Crippen molar-refractivity contribution in [2.24, 2.45) is 17.1 Å². The molecular formula is C14H26N2O2. The summed E-state index contributed by atoms with van der Waals surface area (Å²) in [5.74, 6) is 0.386. The molecule has 2 aliphatic rings. The van der Waals surface area contributed by atoms with Crippen LogP contribution in [-0.4, -0.2) is 31.2 Å². The van der Waals surface area contributed by atoms with Gasteiger partial charge in [-0.15, -0.1) is 0 Å². The van der Waals surface area contributed by atoms with Crippen molar-refractivity contribution in [2.75, 3.05) is 7.11 Å². The Morgan fingerprint density at radius 2 is 1.89 bits per heavy atom. The summed E-state index contributed by atoms with van der Waals surface area (Å²) >= 11 is 0. The topological polar surface area (TPSA) is 64.3 Å². The van der Waals surface area contributed by atoms with Crippen LogP contribution in [0.3, 0.4) is 0 Å². The molecule has 4 nitrogen and oxygen atoms in total. The Labute approximate surface area is 110 Å². The van der Waals surface area contributed by atoms with Crippen LogP contribution in [0.15, 0.2) is 0 Å². The van der Waals surface area contributed by atoms with Gasteiger partial charge in [0.2, 0.25) is 5.91 Å². The van der Waals surface area contributed by atoms with E-state index in [-0.39, 0.29) is 29.4 Å². The second-order valence-corrected chi connectivity index (χ2v) is 6.45. The second-order valence-electron chi connectivity index (χ2n) is 6.45. The van der Waals surface area contributed by atoms with E-state index in [1.807, 2.05) is 0 Å². The molecule has 4 heteroatoms. The van der Waals surface area contributed by atoms with Gasteiger partial charge in [-0.25, -0.2) is 0 Å². The zero-order valence-corrected chi connectivity index (χ0v) is 11.7. The first kappa shape index (κ1) is 13.8. The molecule has 0 spiro atoms. The third-order valence-electron chi connectivity index (χ3n) is 4.92. The number of ether oxygens (including phenoxy) is 1. The molecule has 18 heavy (non-hydrogen) atoms. The Morgan fingerprint density at radius 3 is 2.39 bits per heavy atom. The Balaban J connectivity index is 1.82. The first-order valence-electron chi connectivity index (χ1n) is 7.04. The van der Waals surface area contributed by atoms with Crippen molar-refractivity contribution in [1.29, 1.82) is 0 Å². The average Bonchev–Trinajstić information content (AvgIpc) is 2.34. The smallest absolute Gasteiger partial charge is 0.223 e. The molecule has 104 valence electrons. The minimum atomic E-state index is 0.0511. The highest BCUT2D eigenvalue weighted by Gasteiger charge is 2.49. The van der Waals surface area contributed by atoms with Crippen LogP contribution >= 0.6 is 0 Å². The van der Waals surface area contributed by atoms with Crippen LogP contribution in [0.4, 0.5) is 0 Å². The van der Waals surface area contributed by atoms with E-state index < -0.39 is 0 Å². The third kappa shape index (κ3) is 2.54. The Morgan fingerprint density at radius 1 is 1.28 bits per heavy atom. The fraction of sp³-hybridized carbons (Fsp3) is 0.929. The lowest BCUT2D eigenvalue weighted by Crippen LogP contribution is -2.62. The molecule has 2 atom stereocenters. The molecule has 0 aromatic rings. The molecule has 0 aromatic carbocycles. The largest absolute Gasteiger partial charge is 0.381 e. The van der Waals surface area contributed by atoms with Gasteiger partial charge in [-0.2, -0.15) is 0 Å². The normalized spacial score (nSPS) is 38.9. The van der Waals surface area contributed by atoms with Gasteiger partial charge < -0.3 is 15.8 Å². The molecule has 2 saturated carbocycles. The van der Waals surface area contributed by atoms with Gasteiger partial charge in [0.25, 0.3) is 0 Å². The SMILES string of the molecule is COC1CC(NC(=O)C2CCC(N)CC2)C1(C)C. The number of methoxy groups -OCH3 is 1. The lowest BCUT2D eigenvalue weighted by molar-refractivity contribution is -0.137. The van der Waals surface area contributed by atoms with Gasteiger partial charge in [-0.1, -0.05) is 13.8 Å². The molecule has 0 heterocycles. The van der Waals surface area contributed by atoms with Gasteiger partial charge in [0, 0.05) is 30.5 Å². The van der Waals surface area contributed by atoms with Gasteiger partial charge in [-0.3, -0.25) is 4.79 Å². The number of hydrogen-bond acceptors (Lipinski definition) is 3. The predicted molar refractivity (Wildman–Crippen MR) is 71.1 cm³/mol. The molecule has 2 unspecified atom stereocenters. The van der Waals surface area contributed by atoms with E-state index in [1.165, 1.54) is 0 Å². The molecule has 3 N–H and O–H groups in total. The first-order chi connectivity index (χ1) is 8.45. The maximum atomic E-state index is 12.2. The molecular weight excluding hydrogens is 228 g/mol. The lowest BCUT2D eigenvalue weighted by atomic mass is 9.64. The van der Waals surface area contributed by atoms with Crippen molar-refractivity contribution < 1.29 is 9.53 Å². The van der Waals surface area contributed by atoms with E-state index >= 15 is 0 Å². The summed E-state index contributed by atoms with van der Waals surface area (Å²) in [4.78, 5) is 12.2. The molecule has 0 saturated heterocycles. The minimum absolute atomic E-state index is 0.0511. The highest BCUT2D eigenvalue weighted by molar-refractivity contribution is 5.79. The van der Waals surface area contributed by atoms with Gasteiger partial charge in [0.15, 0.2) is 0 Å². The molecule has 2 rings (SSSR count). The summed E-state index contributed by atoms with van der Waals surface area (Å²) in [6.45, 7) is 4.32. The van der Waals surface area contributed by atoms with Crippen molar-refractivity contribution in [2.45, 2.75) is 64.1 Å². The van der Waals surface area contributed by atoms with E-state index in [0.29, 0.717) is 6.04 Å². The van der Waals surface area contributed by atoms with Crippen LogP contribution in [0.25, 0.3) is 0 Å². The summed E-state index contributed by atoms with van der Waals surface area (Å²) in [6, 6.07) is 0.553. The highest BCUT2D eigenvalue weighted by Crippen LogP contribution is 2.42. The van der Waals surface area contributed by atoms with Crippen LogP contribution in [-0.2, 0) is 9.53 Å². The minimum Gasteiger partial charge on any atom is -0.381 e. The third-order valence-corrected chi connectivity index (χ3v) is 4.92. The number of carbonyl (C=O) groups is 1. The zero-order valence-electron chi connectivity index (χ0n) is 11.7. The number of amides is 1. The standard InChI is InChI=1S/C14H26N2O2/c1-14(2)11(8-12(14)18-3)16-13(17)9-4-6-10(15)7-5-9/h9-12H,4-8,15H2,1-3H3,(H,16,17). The number of rotatable bonds is 3. The summed E-state index contributed by atoms with van der Waals surface area (Å²) in [5, 5.41) is 3.20. The van der Waals surface area contributed by atoms with Gasteiger partial charge in [-0.05, 0) is 32.1 Å². The average molecular weight is 254 g/mol. The Kier molecular flexibility index (Phi) is 3.97. The van der Waals surface area contributed by atoms with Gasteiger partial charge in [0.1, 0.15) is 0 Å². The van der Waals surface area contributed by atoms with Crippen molar-refractivity contribution in [3.63, 3.8) is 0 Å². The van der Waals surface area contributed by atoms with Crippen molar-refractivity contribution in [1.82, 2.24) is 5.32 Å². The van der Waals surface area contributed by atoms with E-state index in [9.17, 15) is 4.79 Å². The monoisotopic (exact) mass is 254 g/mol. The zero-order chi connectivity index (χ0) is 13.3. The molecule has 1 amide bonds. The highest BCUT2D eigenvalue weighted by atomic mass is 16.5. The number of nitrogens with one attached hydrogen (secondary N) is 1. The summed E-state index contributed by atoms with van der Waals surface area (Å²) in [5.41, 5.74) is 5.92.